The predicted molar refractivity (Wildman–Crippen MR) is 177 cm³/mol. The van der Waals surface area contributed by atoms with Gasteiger partial charge in [0.15, 0.2) is 5.96 Å². The summed E-state index contributed by atoms with van der Waals surface area (Å²) in [6.45, 7) is -0.649. The Kier molecular flexibility index (Phi) is 16.7. The van der Waals surface area contributed by atoms with E-state index in [0.29, 0.717) is 24.1 Å². The number of aliphatic hydroxyl groups excluding tert-OH is 1. The molecule has 0 fully saturated rings. The summed E-state index contributed by atoms with van der Waals surface area (Å²) in [6.07, 6.45) is -0.425. The molecule has 0 radical (unpaired) electrons. The monoisotopic (exact) mass is 684 g/mol. The van der Waals surface area contributed by atoms with E-state index >= 15 is 0 Å². The number of carboxylic acid groups (broad SMARTS) is 2. The highest BCUT2D eigenvalue weighted by molar-refractivity contribution is 5.95. The number of aliphatic hydroxyl groups is 1. The average molecular weight is 685 g/mol. The molecule has 266 valence electrons. The molecule has 4 amide bonds. The van der Waals surface area contributed by atoms with E-state index in [9.17, 15) is 44.1 Å². The number of aliphatic carboxylic acids is 2. The minimum absolute atomic E-state index is 0.0259. The third-order valence-corrected chi connectivity index (χ3v) is 7.25. The first-order valence-corrected chi connectivity index (χ1v) is 15.5. The summed E-state index contributed by atoms with van der Waals surface area (Å²) in [7, 11) is 0. The van der Waals surface area contributed by atoms with Gasteiger partial charge in [0.25, 0.3) is 0 Å². The second-order valence-electron chi connectivity index (χ2n) is 11.2. The first-order chi connectivity index (χ1) is 23.3. The van der Waals surface area contributed by atoms with E-state index in [1.165, 1.54) is 0 Å². The van der Waals surface area contributed by atoms with Crippen molar-refractivity contribution in [3.05, 3.63) is 71.8 Å². The minimum Gasteiger partial charge on any atom is -0.481 e. The van der Waals surface area contributed by atoms with Crippen LogP contribution in [0.4, 0.5) is 0 Å². The maximum absolute atomic E-state index is 13.8. The Morgan fingerprint density at radius 2 is 1.12 bits per heavy atom. The van der Waals surface area contributed by atoms with Crippen molar-refractivity contribution in [2.45, 2.75) is 68.7 Å². The summed E-state index contributed by atoms with van der Waals surface area (Å²) < 4.78 is 0. The molecular weight excluding hydrogens is 640 g/mol. The number of carboxylic acids is 2. The lowest BCUT2D eigenvalue weighted by atomic mass is 10.0. The minimum atomic E-state index is -1.71. The van der Waals surface area contributed by atoms with E-state index in [0.717, 1.165) is 0 Å². The van der Waals surface area contributed by atoms with Gasteiger partial charge in [0.2, 0.25) is 23.6 Å². The van der Waals surface area contributed by atoms with Gasteiger partial charge in [0, 0.05) is 25.8 Å². The highest BCUT2D eigenvalue weighted by Gasteiger charge is 2.32. The second kappa shape index (κ2) is 20.6. The molecule has 0 bridgehead atoms. The Bertz CT molecular complexity index is 1430. The zero-order chi connectivity index (χ0) is 36.3. The summed E-state index contributed by atoms with van der Waals surface area (Å²) in [5, 5.41) is 47.4. The van der Waals surface area contributed by atoms with Crippen molar-refractivity contribution < 1.29 is 44.1 Å². The molecule has 0 unspecified atom stereocenters. The van der Waals surface area contributed by atoms with Crippen LogP contribution in [0.5, 0.6) is 0 Å². The zero-order valence-corrected chi connectivity index (χ0v) is 26.8. The van der Waals surface area contributed by atoms with Gasteiger partial charge in [0.1, 0.15) is 24.2 Å². The van der Waals surface area contributed by atoms with Crippen LogP contribution in [0.2, 0.25) is 0 Å². The van der Waals surface area contributed by atoms with Crippen LogP contribution in [0, 0.1) is 5.41 Å². The van der Waals surface area contributed by atoms with Crippen molar-refractivity contribution in [1.82, 2.24) is 26.6 Å². The predicted octanol–water partition coefficient (Wildman–Crippen LogP) is -2.06. The van der Waals surface area contributed by atoms with Crippen LogP contribution in [0.15, 0.2) is 60.7 Å². The van der Waals surface area contributed by atoms with Gasteiger partial charge in [-0.15, -0.1) is 0 Å². The molecule has 17 nitrogen and oxygen atoms in total. The number of benzene rings is 2. The van der Waals surface area contributed by atoms with E-state index in [2.05, 4.69) is 26.6 Å². The molecule has 0 aliphatic rings. The Labute approximate surface area is 282 Å². The number of guanidine groups is 1. The molecule has 2 rings (SSSR count). The fraction of sp³-hybridized carbons (Fsp3) is 0.406. The highest BCUT2D eigenvalue weighted by Crippen LogP contribution is 2.09. The Balaban J connectivity index is 2.33. The molecule has 2 aromatic carbocycles. The number of carbonyl (C=O) groups is 6. The molecule has 49 heavy (non-hydrogen) atoms. The van der Waals surface area contributed by atoms with E-state index in [1.807, 2.05) is 0 Å². The first kappa shape index (κ1) is 39.6. The van der Waals surface area contributed by atoms with Crippen molar-refractivity contribution in [2.75, 3.05) is 13.2 Å². The number of nitrogens with one attached hydrogen (secondary N) is 6. The maximum atomic E-state index is 13.8. The molecule has 13 N–H and O–H groups in total. The van der Waals surface area contributed by atoms with Crippen LogP contribution in [0.3, 0.4) is 0 Å². The fourth-order valence-electron chi connectivity index (χ4n) is 4.61. The highest BCUT2D eigenvalue weighted by atomic mass is 16.4. The molecule has 2 aromatic rings. The van der Waals surface area contributed by atoms with Gasteiger partial charge in [0.05, 0.1) is 12.6 Å². The maximum Gasteiger partial charge on any atom is 0.328 e. The van der Waals surface area contributed by atoms with Gasteiger partial charge in [-0.2, -0.15) is 0 Å². The van der Waals surface area contributed by atoms with Gasteiger partial charge in [-0.25, -0.2) is 4.79 Å². The van der Waals surface area contributed by atoms with E-state index < -0.39 is 85.2 Å². The molecule has 0 aliphatic heterocycles. The Hall–Kier alpha value is -5.55. The first-order valence-electron chi connectivity index (χ1n) is 15.5. The smallest absolute Gasteiger partial charge is 0.328 e. The van der Waals surface area contributed by atoms with Crippen molar-refractivity contribution in [3.63, 3.8) is 0 Å². The average Bonchev–Trinajstić information content (AvgIpc) is 3.06. The molecule has 5 atom stereocenters. The topological polar surface area (TPSA) is 299 Å². The molecule has 0 heterocycles. The zero-order valence-electron chi connectivity index (χ0n) is 26.8. The number of hydrogen-bond acceptors (Lipinski definition) is 9. The largest absolute Gasteiger partial charge is 0.481 e. The Morgan fingerprint density at radius 1 is 0.673 bits per heavy atom. The van der Waals surface area contributed by atoms with Crippen molar-refractivity contribution in [1.29, 1.82) is 5.41 Å². The molecule has 0 saturated heterocycles. The molecule has 0 aliphatic carbocycles. The van der Waals surface area contributed by atoms with Gasteiger partial charge in [-0.3, -0.25) is 29.4 Å². The van der Waals surface area contributed by atoms with Crippen molar-refractivity contribution >= 4 is 41.5 Å². The van der Waals surface area contributed by atoms with E-state index in [1.54, 1.807) is 60.7 Å². The molecular formula is C32H44N8O9. The standard InChI is InChI=1S/C32H44N8O9/c33-21(12-7-15-36-32(34)35)27(44)38-23(16-19-8-3-1-4-9-19)30(47)39-24(17-20-10-5-2-6-11-20)29(46)37-22(13-14-26(42)43)28(45)40-25(18-41)31(48)49/h1-6,8-11,21-25,41H,7,12-18,33H2,(H,37,46)(H,38,44)(H,39,47)(H,40,45)(H,42,43)(H,48,49)(H4,34,35,36)/t21-,22-,23-,24-,25-/m0/s1. The van der Waals surface area contributed by atoms with Crippen molar-refractivity contribution in [3.8, 4) is 0 Å². The van der Waals surface area contributed by atoms with Gasteiger partial charge >= 0.3 is 11.9 Å². The van der Waals surface area contributed by atoms with E-state index in [-0.39, 0.29) is 25.2 Å². The lowest BCUT2D eigenvalue weighted by Crippen LogP contribution is -2.59. The quantitative estimate of drug-likeness (QED) is 0.0385. The van der Waals surface area contributed by atoms with Gasteiger partial charge < -0.3 is 53.4 Å². The normalized spacial score (nSPS) is 13.8. The number of rotatable bonds is 21. The number of amides is 4. The number of hydrogen-bond donors (Lipinski definition) is 11. The second-order valence-corrected chi connectivity index (χ2v) is 11.2. The summed E-state index contributed by atoms with van der Waals surface area (Å²) in [5.74, 6) is -6.39. The summed E-state index contributed by atoms with van der Waals surface area (Å²) in [5.41, 5.74) is 12.6. The van der Waals surface area contributed by atoms with Gasteiger partial charge in [-0.1, -0.05) is 60.7 Å². The van der Waals surface area contributed by atoms with E-state index in [4.69, 9.17) is 16.9 Å². The molecule has 17 heteroatoms. The molecule has 0 saturated carbocycles. The Morgan fingerprint density at radius 3 is 1.57 bits per heavy atom. The molecule has 0 aromatic heterocycles. The SMILES string of the molecule is N=C(N)NCCC[C@H](N)C(=O)N[C@@H](Cc1ccccc1)C(=O)N[C@@H](Cc1ccccc1)C(=O)N[C@@H](CCC(=O)O)C(=O)N[C@@H](CO)C(=O)O. The summed E-state index contributed by atoms with van der Waals surface area (Å²) >= 11 is 0. The van der Waals surface area contributed by atoms with Crippen LogP contribution in [0.25, 0.3) is 0 Å². The van der Waals surface area contributed by atoms with Crippen molar-refractivity contribution in [2.24, 2.45) is 11.5 Å². The lowest BCUT2D eigenvalue weighted by Gasteiger charge is -2.26. The third kappa shape index (κ3) is 14.8. The third-order valence-electron chi connectivity index (χ3n) is 7.25. The van der Waals surface area contributed by atoms with Gasteiger partial charge in [-0.05, 0) is 30.4 Å². The summed E-state index contributed by atoms with van der Waals surface area (Å²) in [4.78, 5) is 76.1. The summed E-state index contributed by atoms with van der Waals surface area (Å²) in [6, 6.07) is 10.5. The van der Waals surface area contributed by atoms with Crippen LogP contribution in [-0.2, 0) is 41.6 Å². The van der Waals surface area contributed by atoms with Crippen LogP contribution in [-0.4, -0.2) is 100 Å². The van der Waals surface area contributed by atoms with Crippen LogP contribution in [0.1, 0.15) is 36.8 Å². The van der Waals surface area contributed by atoms with Crippen LogP contribution < -0.4 is 38.1 Å². The van der Waals surface area contributed by atoms with Crippen LogP contribution >= 0.6 is 0 Å². The number of carbonyl (C=O) groups excluding carboxylic acids is 4. The lowest BCUT2D eigenvalue weighted by molar-refractivity contribution is -0.144. The number of nitrogens with two attached hydrogens (primary N) is 2. The molecule has 0 spiro atoms. The fourth-order valence-corrected chi connectivity index (χ4v) is 4.61.